The van der Waals surface area contributed by atoms with Gasteiger partial charge < -0.3 is 0 Å². The standard InChI is InChI=1S/C12H10OS.C2H6/c1-14(9-13)12-7-6-10-4-2-3-5-11(10)8-12;1-2/h2-8H,1H3;1-2H3. The Morgan fingerprint density at radius 3 is 2.25 bits per heavy atom. The first-order valence-corrected chi connectivity index (χ1v) is 6.97. The van der Waals surface area contributed by atoms with Crippen molar-refractivity contribution in [3.8, 4) is 0 Å². The predicted octanol–water partition coefficient (Wildman–Crippen LogP) is 4.19. The molecular formula is C14H16OS. The number of carbonyl (C=O) groups excluding carboxylic acids is 1. The molecular weight excluding hydrogens is 216 g/mol. The second-order valence-electron chi connectivity index (χ2n) is 3.10. The SMILES string of the molecule is CC.CS(=C=O)c1ccc2ccccc2c1. The Bertz CT molecular complexity index is 525. The Balaban J connectivity index is 0.000000606. The normalized spacial score (nSPS) is 11.2. The molecule has 0 amide bonds. The van der Waals surface area contributed by atoms with Gasteiger partial charge in [0.25, 0.3) is 0 Å². The second-order valence-corrected chi connectivity index (χ2v) is 4.76. The summed E-state index contributed by atoms with van der Waals surface area (Å²) in [5.74, 6) is 0. The van der Waals surface area contributed by atoms with E-state index in [1.54, 1.807) is 0 Å². The van der Waals surface area contributed by atoms with Crippen LogP contribution in [-0.4, -0.2) is 11.5 Å². The molecule has 2 rings (SSSR count). The molecule has 84 valence electrons. The van der Waals surface area contributed by atoms with Crippen molar-refractivity contribution in [2.24, 2.45) is 0 Å². The molecule has 0 heterocycles. The van der Waals surface area contributed by atoms with Crippen LogP contribution in [0.1, 0.15) is 13.8 Å². The smallest absolute Gasteiger partial charge is 0.160 e. The first-order valence-electron chi connectivity index (χ1n) is 5.34. The van der Waals surface area contributed by atoms with Crippen LogP contribution in [0.5, 0.6) is 0 Å². The van der Waals surface area contributed by atoms with Gasteiger partial charge in [-0.05, 0) is 29.2 Å². The van der Waals surface area contributed by atoms with E-state index in [0.29, 0.717) is 0 Å². The Kier molecular flexibility index (Phi) is 4.97. The molecule has 2 heteroatoms. The van der Waals surface area contributed by atoms with Crippen molar-refractivity contribution in [1.82, 2.24) is 0 Å². The highest BCUT2D eigenvalue weighted by Gasteiger charge is 1.96. The molecule has 0 aliphatic heterocycles. The summed E-state index contributed by atoms with van der Waals surface area (Å²) in [6.07, 6.45) is 1.89. The van der Waals surface area contributed by atoms with Gasteiger partial charge in [0, 0.05) is 4.90 Å². The molecule has 0 aliphatic rings. The topological polar surface area (TPSA) is 17.1 Å². The monoisotopic (exact) mass is 232 g/mol. The maximum atomic E-state index is 10.5. The van der Waals surface area contributed by atoms with Gasteiger partial charge in [-0.15, -0.1) is 0 Å². The molecule has 0 radical (unpaired) electrons. The predicted molar refractivity (Wildman–Crippen MR) is 72.8 cm³/mol. The highest BCUT2D eigenvalue weighted by atomic mass is 32.2. The largest absolute Gasteiger partial charge is 0.226 e. The van der Waals surface area contributed by atoms with Crippen molar-refractivity contribution in [3.63, 3.8) is 0 Å². The van der Waals surface area contributed by atoms with Crippen molar-refractivity contribution in [1.29, 1.82) is 0 Å². The highest BCUT2D eigenvalue weighted by molar-refractivity contribution is 8.13. The van der Waals surface area contributed by atoms with Crippen LogP contribution in [0.3, 0.4) is 0 Å². The van der Waals surface area contributed by atoms with Crippen LogP contribution in [0.25, 0.3) is 10.8 Å². The third-order valence-corrected chi connectivity index (χ3v) is 3.41. The molecule has 1 unspecified atom stereocenters. The number of benzene rings is 2. The summed E-state index contributed by atoms with van der Waals surface area (Å²) in [6.45, 7) is 4.00. The van der Waals surface area contributed by atoms with Gasteiger partial charge in [-0.2, -0.15) is 0 Å². The first kappa shape index (κ1) is 12.7. The fraction of sp³-hybridized carbons (Fsp3) is 0.214. The number of hydrogen-bond donors (Lipinski definition) is 0. The average Bonchev–Trinajstić information content (AvgIpc) is 2.39. The van der Waals surface area contributed by atoms with E-state index in [0.717, 1.165) is 4.90 Å². The zero-order valence-electron chi connectivity index (χ0n) is 9.86. The van der Waals surface area contributed by atoms with Gasteiger partial charge in [0.1, 0.15) is 0 Å². The van der Waals surface area contributed by atoms with E-state index in [9.17, 15) is 4.79 Å². The van der Waals surface area contributed by atoms with Gasteiger partial charge in [0.15, 0.2) is 5.23 Å². The van der Waals surface area contributed by atoms with E-state index in [4.69, 9.17) is 0 Å². The van der Waals surface area contributed by atoms with Crippen molar-refractivity contribution in [3.05, 3.63) is 42.5 Å². The van der Waals surface area contributed by atoms with Gasteiger partial charge >= 0.3 is 0 Å². The lowest BCUT2D eigenvalue weighted by molar-refractivity contribution is 0.572. The van der Waals surface area contributed by atoms with Crippen LogP contribution < -0.4 is 0 Å². The van der Waals surface area contributed by atoms with E-state index in [1.165, 1.54) is 10.8 Å². The molecule has 0 aromatic heterocycles. The Hall–Kier alpha value is -1.37. The third kappa shape index (κ3) is 2.82. The lowest BCUT2D eigenvalue weighted by Gasteiger charge is -2.01. The Labute approximate surface area is 99.0 Å². The minimum atomic E-state index is -0.402. The van der Waals surface area contributed by atoms with Gasteiger partial charge in [-0.3, -0.25) is 0 Å². The Morgan fingerprint density at radius 1 is 1.00 bits per heavy atom. The minimum Gasteiger partial charge on any atom is -0.226 e. The Morgan fingerprint density at radius 2 is 1.62 bits per heavy atom. The summed E-state index contributed by atoms with van der Waals surface area (Å²) in [7, 11) is -0.402. The van der Waals surface area contributed by atoms with Crippen LogP contribution in [0.15, 0.2) is 47.4 Å². The molecule has 0 fully saturated rings. The molecule has 2 aromatic carbocycles. The summed E-state index contributed by atoms with van der Waals surface area (Å²) in [5.41, 5.74) is 0. The van der Waals surface area contributed by atoms with Gasteiger partial charge in [0.2, 0.25) is 0 Å². The quantitative estimate of drug-likeness (QED) is 0.674. The van der Waals surface area contributed by atoms with Crippen LogP contribution >= 0.6 is 10.5 Å². The first-order chi connectivity index (χ1) is 7.81. The molecule has 0 spiro atoms. The van der Waals surface area contributed by atoms with Crippen molar-refractivity contribution in [2.45, 2.75) is 18.7 Å². The second kappa shape index (κ2) is 6.26. The molecule has 0 saturated heterocycles. The van der Waals surface area contributed by atoms with Gasteiger partial charge in [-0.1, -0.05) is 54.7 Å². The third-order valence-electron chi connectivity index (χ3n) is 2.20. The van der Waals surface area contributed by atoms with E-state index >= 15 is 0 Å². The molecule has 0 bridgehead atoms. The molecule has 0 aliphatic carbocycles. The fourth-order valence-corrected chi connectivity index (χ4v) is 2.08. The van der Waals surface area contributed by atoms with E-state index < -0.39 is 10.5 Å². The van der Waals surface area contributed by atoms with Crippen LogP contribution in [0.4, 0.5) is 0 Å². The van der Waals surface area contributed by atoms with Gasteiger partial charge in [0.05, 0.1) is 0 Å². The zero-order chi connectivity index (χ0) is 12.0. The molecule has 0 saturated carbocycles. The number of fused-ring (bicyclic) bond motifs is 1. The summed E-state index contributed by atoms with van der Waals surface area (Å²) < 4.78 is 0. The van der Waals surface area contributed by atoms with E-state index in [2.05, 4.69) is 18.2 Å². The van der Waals surface area contributed by atoms with Crippen molar-refractivity contribution in [2.75, 3.05) is 6.26 Å². The molecule has 1 atom stereocenters. The summed E-state index contributed by atoms with van der Waals surface area (Å²) in [5, 5.41) is 4.41. The van der Waals surface area contributed by atoms with Gasteiger partial charge in [-0.25, -0.2) is 4.79 Å². The lowest BCUT2D eigenvalue weighted by atomic mass is 10.1. The summed E-state index contributed by atoms with van der Waals surface area (Å²) in [6, 6.07) is 14.2. The summed E-state index contributed by atoms with van der Waals surface area (Å²) in [4.78, 5) is 11.6. The van der Waals surface area contributed by atoms with Crippen LogP contribution in [0, 0.1) is 0 Å². The van der Waals surface area contributed by atoms with Crippen LogP contribution in [0.2, 0.25) is 0 Å². The number of hydrogen-bond acceptors (Lipinski definition) is 1. The highest BCUT2D eigenvalue weighted by Crippen LogP contribution is 2.25. The molecule has 16 heavy (non-hydrogen) atoms. The van der Waals surface area contributed by atoms with E-state index in [-0.39, 0.29) is 0 Å². The lowest BCUT2D eigenvalue weighted by Crippen LogP contribution is -1.75. The molecule has 2 aromatic rings. The maximum Gasteiger partial charge on any atom is 0.160 e. The number of rotatable bonds is 1. The van der Waals surface area contributed by atoms with Crippen molar-refractivity contribution >= 4 is 26.5 Å². The molecule has 1 nitrogen and oxygen atoms in total. The summed E-state index contributed by atoms with van der Waals surface area (Å²) >= 11 is 0. The zero-order valence-corrected chi connectivity index (χ0v) is 10.7. The van der Waals surface area contributed by atoms with Crippen molar-refractivity contribution < 1.29 is 4.79 Å². The minimum absolute atomic E-state index is 0.402. The van der Waals surface area contributed by atoms with E-state index in [1.807, 2.05) is 49.6 Å². The van der Waals surface area contributed by atoms with Crippen LogP contribution in [-0.2, 0) is 4.79 Å². The average molecular weight is 232 g/mol. The maximum absolute atomic E-state index is 10.5. The molecule has 0 N–H and O–H groups in total. The fourth-order valence-electron chi connectivity index (χ4n) is 1.41.